The largest absolute Gasteiger partial charge is 0.466 e. The van der Waals surface area contributed by atoms with Crippen LogP contribution in [0.4, 0.5) is 0 Å². The maximum atomic E-state index is 11.8. The molecule has 128 valence electrons. The van der Waals surface area contributed by atoms with Crippen LogP contribution in [0.25, 0.3) is 11.5 Å². The number of aryl methyl sites for hydroxylation is 2. The minimum absolute atomic E-state index is 0.217. The molecule has 0 amide bonds. The Balaban J connectivity index is 1.37. The van der Waals surface area contributed by atoms with Gasteiger partial charge in [0, 0.05) is 12.6 Å². The molecule has 0 unspecified atom stereocenters. The van der Waals surface area contributed by atoms with Crippen molar-refractivity contribution in [3.05, 3.63) is 66.2 Å². The molecule has 0 atom stereocenters. The van der Waals surface area contributed by atoms with Gasteiger partial charge in [-0.15, -0.1) is 0 Å². The fourth-order valence-corrected chi connectivity index (χ4v) is 2.34. The monoisotopic (exact) mass is 337 g/mol. The lowest BCUT2D eigenvalue weighted by atomic mass is 10.1. The summed E-state index contributed by atoms with van der Waals surface area (Å²) in [5, 5.41) is 3.87. The van der Waals surface area contributed by atoms with E-state index < -0.39 is 0 Å². The number of nitrogens with zero attached hydrogens (tertiary/aromatic N) is 3. The minimum Gasteiger partial charge on any atom is -0.466 e. The van der Waals surface area contributed by atoms with E-state index in [1.807, 2.05) is 30.3 Å². The van der Waals surface area contributed by atoms with Crippen molar-refractivity contribution in [3.63, 3.8) is 0 Å². The van der Waals surface area contributed by atoms with Gasteiger partial charge in [-0.25, -0.2) is 0 Å². The standard InChI is InChI=1S/C19H19N3O3/c23-18(24-14-6-9-15-7-2-1-3-8-15)12-11-17-21-19(22-25-17)16-10-4-5-13-20-16/h1-5,7-8,10,13H,6,9,11-12,14H2. The number of esters is 1. The second-order valence-electron chi connectivity index (χ2n) is 5.54. The molecule has 0 radical (unpaired) electrons. The van der Waals surface area contributed by atoms with Crippen LogP contribution in [0.5, 0.6) is 0 Å². The first-order chi connectivity index (χ1) is 12.3. The Hall–Kier alpha value is -3.02. The smallest absolute Gasteiger partial charge is 0.306 e. The molecular weight excluding hydrogens is 318 g/mol. The molecule has 2 aromatic heterocycles. The Morgan fingerprint density at radius 3 is 2.68 bits per heavy atom. The molecule has 0 aliphatic carbocycles. The zero-order chi connectivity index (χ0) is 17.3. The molecule has 3 rings (SSSR count). The summed E-state index contributed by atoms with van der Waals surface area (Å²) in [7, 11) is 0. The Bertz CT molecular complexity index is 788. The molecule has 0 bridgehead atoms. The molecule has 0 N–H and O–H groups in total. The van der Waals surface area contributed by atoms with Crippen LogP contribution < -0.4 is 0 Å². The van der Waals surface area contributed by atoms with Crippen molar-refractivity contribution in [2.24, 2.45) is 0 Å². The van der Waals surface area contributed by atoms with Crippen molar-refractivity contribution in [2.75, 3.05) is 6.61 Å². The number of carbonyl (C=O) groups excluding carboxylic acids is 1. The Labute approximate surface area is 145 Å². The summed E-state index contributed by atoms with van der Waals surface area (Å²) in [4.78, 5) is 20.2. The van der Waals surface area contributed by atoms with Crippen LogP contribution in [0.2, 0.25) is 0 Å². The van der Waals surface area contributed by atoms with Gasteiger partial charge in [0.15, 0.2) is 0 Å². The first kappa shape index (κ1) is 16.8. The van der Waals surface area contributed by atoms with Crippen LogP contribution >= 0.6 is 0 Å². The number of carbonyl (C=O) groups is 1. The Kier molecular flexibility index (Phi) is 5.87. The van der Waals surface area contributed by atoms with Crippen LogP contribution in [0.15, 0.2) is 59.3 Å². The number of aromatic nitrogens is 3. The summed E-state index contributed by atoms with van der Waals surface area (Å²) in [5.41, 5.74) is 1.88. The minimum atomic E-state index is -0.259. The maximum absolute atomic E-state index is 11.8. The normalized spacial score (nSPS) is 10.6. The van der Waals surface area contributed by atoms with Gasteiger partial charge < -0.3 is 9.26 Å². The fourth-order valence-electron chi connectivity index (χ4n) is 2.34. The highest BCUT2D eigenvalue weighted by Gasteiger charge is 2.11. The van der Waals surface area contributed by atoms with E-state index >= 15 is 0 Å². The lowest BCUT2D eigenvalue weighted by Gasteiger charge is -2.04. The van der Waals surface area contributed by atoms with Gasteiger partial charge in [-0.2, -0.15) is 4.98 Å². The zero-order valence-electron chi connectivity index (χ0n) is 13.8. The summed E-state index contributed by atoms with van der Waals surface area (Å²) < 4.78 is 10.4. The Morgan fingerprint density at radius 1 is 1.04 bits per heavy atom. The molecule has 0 fully saturated rings. The van der Waals surface area contributed by atoms with E-state index in [1.54, 1.807) is 12.3 Å². The first-order valence-corrected chi connectivity index (χ1v) is 8.25. The van der Waals surface area contributed by atoms with E-state index in [4.69, 9.17) is 9.26 Å². The number of rotatable bonds is 8. The lowest BCUT2D eigenvalue weighted by molar-refractivity contribution is -0.143. The molecule has 6 nitrogen and oxygen atoms in total. The van der Waals surface area contributed by atoms with Crippen LogP contribution in [0, 0.1) is 0 Å². The summed E-state index contributed by atoms with van der Waals surface area (Å²) in [5.74, 6) is 0.569. The summed E-state index contributed by atoms with van der Waals surface area (Å²) >= 11 is 0. The van der Waals surface area contributed by atoms with E-state index in [0.717, 1.165) is 12.8 Å². The van der Waals surface area contributed by atoms with Gasteiger partial charge in [-0.1, -0.05) is 41.6 Å². The molecular formula is C19H19N3O3. The second kappa shape index (κ2) is 8.73. The molecule has 3 aromatic rings. The molecule has 1 aromatic carbocycles. The van der Waals surface area contributed by atoms with Gasteiger partial charge in [0.2, 0.25) is 11.7 Å². The average Bonchev–Trinajstić information content (AvgIpc) is 3.14. The number of benzene rings is 1. The van der Waals surface area contributed by atoms with Crippen molar-refractivity contribution in [3.8, 4) is 11.5 Å². The zero-order valence-corrected chi connectivity index (χ0v) is 13.8. The Morgan fingerprint density at radius 2 is 1.88 bits per heavy atom. The van der Waals surface area contributed by atoms with Crippen LogP contribution in [-0.2, 0) is 22.4 Å². The molecule has 2 heterocycles. The molecule has 0 saturated carbocycles. The second-order valence-corrected chi connectivity index (χ2v) is 5.54. The van der Waals surface area contributed by atoms with E-state index in [9.17, 15) is 4.79 Å². The molecule has 0 aliphatic heterocycles. The summed E-state index contributed by atoms with van der Waals surface area (Å²) in [6.07, 6.45) is 3.94. The molecule has 0 saturated heterocycles. The van der Waals surface area contributed by atoms with Crippen molar-refractivity contribution in [2.45, 2.75) is 25.7 Å². The predicted octanol–water partition coefficient (Wildman–Crippen LogP) is 3.24. The third-order valence-corrected chi connectivity index (χ3v) is 3.62. The highest BCUT2D eigenvalue weighted by molar-refractivity contribution is 5.69. The number of hydrogen-bond acceptors (Lipinski definition) is 6. The van der Waals surface area contributed by atoms with Gasteiger partial charge in [-0.05, 0) is 30.5 Å². The van der Waals surface area contributed by atoms with E-state index in [1.165, 1.54) is 5.56 Å². The van der Waals surface area contributed by atoms with Gasteiger partial charge in [-0.3, -0.25) is 9.78 Å². The third kappa shape index (κ3) is 5.24. The molecule has 6 heteroatoms. The van der Waals surface area contributed by atoms with Gasteiger partial charge in [0.25, 0.3) is 0 Å². The number of pyridine rings is 1. The summed E-state index contributed by atoms with van der Waals surface area (Å²) in [6.45, 7) is 0.413. The van der Waals surface area contributed by atoms with Gasteiger partial charge in [0.05, 0.1) is 13.0 Å². The topological polar surface area (TPSA) is 78.1 Å². The van der Waals surface area contributed by atoms with Gasteiger partial charge >= 0.3 is 5.97 Å². The van der Waals surface area contributed by atoms with Crippen LogP contribution in [-0.4, -0.2) is 27.7 Å². The van der Waals surface area contributed by atoms with Crippen LogP contribution in [0.3, 0.4) is 0 Å². The highest BCUT2D eigenvalue weighted by Crippen LogP contribution is 2.13. The predicted molar refractivity (Wildman–Crippen MR) is 91.6 cm³/mol. The molecule has 0 spiro atoms. The highest BCUT2D eigenvalue weighted by atomic mass is 16.5. The summed E-state index contributed by atoms with van der Waals surface area (Å²) in [6, 6.07) is 15.6. The molecule has 0 aliphatic rings. The lowest BCUT2D eigenvalue weighted by Crippen LogP contribution is -2.07. The number of ether oxygens (including phenoxy) is 1. The number of hydrogen-bond donors (Lipinski definition) is 0. The first-order valence-electron chi connectivity index (χ1n) is 8.25. The van der Waals surface area contributed by atoms with E-state index in [2.05, 4.69) is 27.3 Å². The van der Waals surface area contributed by atoms with E-state index in [0.29, 0.717) is 30.4 Å². The fraction of sp³-hybridized carbons (Fsp3) is 0.263. The van der Waals surface area contributed by atoms with E-state index in [-0.39, 0.29) is 12.4 Å². The average molecular weight is 337 g/mol. The maximum Gasteiger partial charge on any atom is 0.306 e. The van der Waals surface area contributed by atoms with Crippen molar-refractivity contribution in [1.29, 1.82) is 0 Å². The van der Waals surface area contributed by atoms with Crippen molar-refractivity contribution < 1.29 is 14.1 Å². The van der Waals surface area contributed by atoms with Crippen molar-refractivity contribution in [1.82, 2.24) is 15.1 Å². The SMILES string of the molecule is O=C(CCc1nc(-c2ccccn2)no1)OCCCc1ccccc1. The third-order valence-electron chi connectivity index (χ3n) is 3.62. The van der Waals surface area contributed by atoms with Gasteiger partial charge in [0.1, 0.15) is 5.69 Å². The quantitative estimate of drug-likeness (QED) is 0.464. The van der Waals surface area contributed by atoms with Crippen LogP contribution in [0.1, 0.15) is 24.3 Å². The molecule has 25 heavy (non-hydrogen) atoms. The van der Waals surface area contributed by atoms with Crippen molar-refractivity contribution >= 4 is 5.97 Å².